The Hall–Kier alpha value is 0.210. The van der Waals surface area contributed by atoms with Crippen LogP contribution in [0.5, 0.6) is 0 Å². The lowest BCUT2D eigenvalue weighted by atomic mass is 12.0. The van der Waals surface area contributed by atoms with Gasteiger partial charge in [0.15, 0.2) is 0 Å². The van der Waals surface area contributed by atoms with Gasteiger partial charge in [-0.05, 0) is 4.31 Å². The summed E-state index contributed by atoms with van der Waals surface area (Å²) in [6, 6.07) is 0. The second kappa shape index (κ2) is 2.67. The van der Waals surface area contributed by atoms with Crippen LogP contribution < -0.4 is 0 Å². The van der Waals surface area contributed by atoms with E-state index in [-0.39, 0.29) is 0 Å². The van der Waals surface area contributed by atoms with Crippen LogP contribution in [0.15, 0.2) is 0 Å². The van der Waals surface area contributed by atoms with Gasteiger partial charge in [0, 0.05) is 11.2 Å². The first-order chi connectivity index (χ1) is 3.42. The molecule has 5 nitrogen and oxygen atoms in total. The Labute approximate surface area is 46.8 Å². The first kappa shape index (κ1) is 8.21. The molecule has 0 aliphatic rings. The van der Waals surface area contributed by atoms with Crippen molar-refractivity contribution in [2.75, 3.05) is 6.66 Å². The third-order valence-corrected chi connectivity index (χ3v) is 1.99. The van der Waals surface area contributed by atoms with Gasteiger partial charge in [0.2, 0.25) is 0 Å². The lowest BCUT2D eigenvalue weighted by molar-refractivity contribution is 0.355. The Morgan fingerprint density at radius 1 is 1.75 bits per heavy atom. The maximum Gasteiger partial charge on any atom is 0.703 e. The molecule has 7 heteroatoms. The minimum absolute atomic E-state index is 0.830. The standard InChI is InChI=1S/CH4O5P2/c1-8(4,5)6-7(2)3/h1H3,(H-,2,3,4,5)/p+1. The molecule has 8 heavy (non-hydrogen) atoms. The van der Waals surface area contributed by atoms with E-state index < -0.39 is 15.9 Å². The third-order valence-electron chi connectivity index (χ3n) is 0.221. The first-order valence-electron chi connectivity index (χ1n) is 1.58. The zero-order chi connectivity index (χ0) is 6.78. The fourth-order valence-corrected chi connectivity index (χ4v) is 1.17. The Morgan fingerprint density at radius 2 is 2.12 bits per heavy atom. The molecule has 2 N–H and O–H groups in total. The van der Waals surface area contributed by atoms with E-state index in [0.717, 1.165) is 6.66 Å². The van der Waals surface area contributed by atoms with E-state index >= 15 is 0 Å². The molecule has 0 fully saturated rings. The lowest BCUT2D eigenvalue weighted by Gasteiger charge is -1.88. The summed E-state index contributed by atoms with van der Waals surface area (Å²) in [6.07, 6.45) is 0. The van der Waals surface area contributed by atoms with E-state index in [1.165, 1.54) is 0 Å². The van der Waals surface area contributed by atoms with Crippen molar-refractivity contribution in [3.8, 4) is 0 Å². The van der Waals surface area contributed by atoms with Crippen LogP contribution in [-0.2, 0) is 13.4 Å². The molecule has 0 aliphatic heterocycles. The van der Waals surface area contributed by atoms with Gasteiger partial charge >= 0.3 is 15.9 Å². The van der Waals surface area contributed by atoms with Crippen LogP contribution in [0.3, 0.4) is 0 Å². The maximum atomic E-state index is 10.0. The lowest BCUT2D eigenvalue weighted by Crippen LogP contribution is -1.74. The van der Waals surface area contributed by atoms with Gasteiger partial charge in [0.25, 0.3) is 0 Å². The fraction of sp³-hybridized carbons (Fsp3) is 1.00. The van der Waals surface area contributed by atoms with Crippen LogP contribution in [0, 0.1) is 0 Å². The second-order valence-electron chi connectivity index (χ2n) is 1.12. The average molecular weight is 159 g/mol. The predicted octanol–water partition coefficient (Wildman–Crippen LogP) is 0.468. The molecule has 0 saturated heterocycles. The van der Waals surface area contributed by atoms with Gasteiger partial charge in [-0.1, -0.05) is 0 Å². The van der Waals surface area contributed by atoms with Crippen molar-refractivity contribution in [3.63, 3.8) is 0 Å². The van der Waals surface area contributed by atoms with Crippen molar-refractivity contribution in [3.05, 3.63) is 0 Å². The summed E-state index contributed by atoms with van der Waals surface area (Å²) in [6.45, 7) is 0.830. The van der Waals surface area contributed by atoms with E-state index in [1.54, 1.807) is 0 Å². The SMILES string of the molecule is CP(=O)(O)O[P+](=O)O. The van der Waals surface area contributed by atoms with Gasteiger partial charge < -0.3 is 4.89 Å². The molecule has 0 heterocycles. The largest absolute Gasteiger partial charge is 0.703 e. The van der Waals surface area contributed by atoms with Crippen LogP contribution in [0.2, 0.25) is 0 Å². The van der Waals surface area contributed by atoms with Gasteiger partial charge in [-0.3, -0.25) is 4.57 Å². The van der Waals surface area contributed by atoms with E-state index in [0.29, 0.717) is 0 Å². The van der Waals surface area contributed by atoms with Gasteiger partial charge in [-0.15, -0.1) is 4.89 Å². The smallest absolute Gasteiger partial charge is 0.322 e. The molecule has 0 amide bonds. The number of hydrogen-bond donors (Lipinski definition) is 2. The Morgan fingerprint density at radius 3 is 2.12 bits per heavy atom. The normalized spacial score (nSPS) is 19.6. The molecule has 0 spiro atoms. The zero-order valence-electron chi connectivity index (χ0n) is 4.01. The van der Waals surface area contributed by atoms with E-state index in [9.17, 15) is 9.13 Å². The zero-order valence-corrected chi connectivity index (χ0v) is 5.80. The highest BCUT2D eigenvalue weighted by Gasteiger charge is 2.26. The van der Waals surface area contributed by atoms with Crippen LogP contribution in [0.1, 0.15) is 0 Å². The van der Waals surface area contributed by atoms with E-state index in [1.807, 2.05) is 0 Å². The minimum Gasteiger partial charge on any atom is -0.322 e. The monoisotopic (exact) mass is 159 g/mol. The van der Waals surface area contributed by atoms with Gasteiger partial charge in [0.1, 0.15) is 0 Å². The summed E-state index contributed by atoms with van der Waals surface area (Å²) in [4.78, 5) is 16.0. The molecule has 2 unspecified atom stereocenters. The summed E-state index contributed by atoms with van der Waals surface area (Å²) in [5, 5.41) is 0. The molecule has 0 rings (SSSR count). The molecule has 0 aliphatic carbocycles. The van der Waals surface area contributed by atoms with Crippen molar-refractivity contribution in [1.29, 1.82) is 0 Å². The topological polar surface area (TPSA) is 83.8 Å². The molecule has 2 atom stereocenters. The summed E-state index contributed by atoms with van der Waals surface area (Å²) >= 11 is 0. The van der Waals surface area contributed by atoms with E-state index in [4.69, 9.17) is 9.79 Å². The van der Waals surface area contributed by atoms with E-state index in [2.05, 4.69) is 4.31 Å². The van der Waals surface area contributed by atoms with Crippen LogP contribution in [0.4, 0.5) is 0 Å². The average Bonchev–Trinajstić information content (AvgIpc) is 1.21. The molecule has 48 valence electrons. The quantitative estimate of drug-likeness (QED) is 0.572. The Bertz CT molecular complexity index is 133. The highest BCUT2D eigenvalue weighted by Crippen LogP contribution is 2.45. The molecule has 0 aromatic carbocycles. The van der Waals surface area contributed by atoms with Crippen LogP contribution >= 0.6 is 15.9 Å². The van der Waals surface area contributed by atoms with Gasteiger partial charge in [-0.25, -0.2) is 0 Å². The molecule has 0 radical (unpaired) electrons. The van der Waals surface area contributed by atoms with Crippen molar-refractivity contribution >= 4 is 15.9 Å². The predicted molar refractivity (Wildman–Crippen MR) is 26.7 cm³/mol. The first-order valence-corrected chi connectivity index (χ1v) is 4.73. The van der Waals surface area contributed by atoms with Crippen molar-refractivity contribution in [1.82, 2.24) is 0 Å². The van der Waals surface area contributed by atoms with Crippen LogP contribution in [0.25, 0.3) is 0 Å². The van der Waals surface area contributed by atoms with Crippen molar-refractivity contribution in [2.24, 2.45) is 0 Å². The summed E-state index contributed by atoms with van der Waals surface area (Å²) < 4.78 is 23.2. The van der Waals surface area contributed by atoms with Crippen molar-refractivity contribution in [2.45, 2.75) is 0 Å². The molecule has 0 aromatic heterocycles. The highest BCUT2D eigenvalue weighted by molar-refractivity contribution is 7.58. The molecular formula is CH5O5P2+. The van der Waals surface area contributed by atoms with Gasteiger partial charge in [0.05, 0.1) is 0 Å². The molecular weight excluding hydrogens is 154 g/mol. The second-order valence-corrected chi connectivity index (χ2v) is 3.86. The maximum absolute atomic E-state index is 10.0. The Kier molecular flexibility index (Phi) is 2.74. The summed E-state index contributed by atoms with van der Waals surface area (Å²) in [7, 11) is -6.71. The third kappa shape index (κ3) is 6.21. The molecule has 0 bridgehead atoms. The highest BCUT2D eigenvalue weighted by atomic mass is 31.2. The number of rotatable bonds is 2. The van der Waals surface area contributed by atoms with Crippen molar-refractivity contribution < 1.29 is 23.2 Å². The fourth-order valence-electron chi connectivity index (χ4n) is 0.130. The minimum atomic E-state index is -3.76. The summed E-state index contributed by atoms with van der Waals surface area (Å²) in [5.74, 6) is 0. The number of hydrogen-bond acceptors (Lipinski definition) is 3. The van der Waals surface area contributed by atoms with Crippen LogP contribution in [-0.4, -0.2) is 16.5 Å². The molecule has 0 aromatic rings. The molecule has 0 saturated carbocycles. The Balaban J connectivity index is 3.74. The van der Waals surface area contributed by atoms with Gasteiger partial charge in [-0.2, -0.15) is 0 Å². The summed E-state index contributed by atoms with van der Waals surface area (Å²) in [5.41, 5.74) is 0.